The zero-order valence-corrected chi connectivity index (χ0v) is 12.7. The molecule has 1 saturated carbocycles. The molecule has 2 saturated heterocycles. The number of carbonyl (C=O) groups is 2. The van der Waals surface area contributed by atoms with Crippen molar-refractivity contribution < 1.29 is 19.1 Å². The van der Waals surface area contributed by atoms with E-state index < -0.39 is 17.1 Å². The van der Waals surface area contributed by atoms with Crippen LogP contribution < -0.4 is 10.6 Å². The number of nitrogens with one attached hydrogen (secondary N) is 2. The zero-order chi connectivity index (χ0) is 15.0. The third-order valence-corrected chi connectivity index (χ3v) is 4.02. The van der Waals surface area contributed by atoms with E-state index >= 15 is 0 Å². The highest BCUT2D eigenvalue weighted by Gasteiger charge is 2.61. The number of esters is 1. The maximum Gasteiger partial charge on any atom is 0.407 e. The molecule has 0 radical (unpaired) electrons. The van der Waals surface area contributed by atoms with Crippen molar-refractivity contribution in [3.05, 3.63) is 0 Å². The Labute approximate surface area is 119 Å². The predicted molar refractivity (Wildman–Crippen MR) is 73.2 cm³/mol. The molecule has 1 aliphatic carbocycles. The van der Waals surface area contributed by atoms with Crippen molar-refractivity contribution in [2.75, 3.05) is 26.7 Å². The van der Waals surface area contributed by atoms with E-state index in [1.54, 1.807) is 0 Å². The molecule has 2 heterocycles. The average Bonchev–Trinajstić information content (AvgIpc) is 2.33. The summed E-state index contributed by atoms with van der Waals surface area (Å²) in [6.07, 6.45) is 1.11. The van der Waals surface area contributed by atoms with Crippen LogP contribution in [0.3, 0.4) is 0 Å². The number of carbonyl (C=O) groups excluding carboxylic acids is 2. The third-order valence-electron chi connectivity index (χ3n) is 4.02. The molecule has 2 aliphatic heterocycles. The van der Waals surface area contributed by atoms with Crippen LogP contribution in [0.2, 0.25) is 0 Å². The van der Waals surface area contributed by atoms with Gasteiger partial charge in [-0.3, -0.25) is 4.79 Å². The third kappa shape index (κ3) is 2.90. The maximum atomic E-state index is 11.8. The fraction of sp³-hybridized carbons (Fsp3) is 0.857. The maximum absolute atomic E-state index is 11.8. The first-order chi connectivity index (χ1) is 9.20. The SMILES string of the molecule is COC(=O)C12CNCC(CNC(=O)OC(C)(C)C)(C1)C2. The Hall–Kier alpha value is -1.30. The monoisotopic (exact) mass is 284 g/mol. The number of hydrogen-bond donors (Lipinski definition) is 2. The van der Waals surface area contributed by atoms with E-state index in [1.807, 2.05) is 20.8 Å². The molecular weight excluding hydrogens is 260 g/mol. The van der Waals surface area contributed by atoms with Gasteiger partial charge in [-0.2, -0.15) is 0 Å². The van der Waals surface area contributed by atoms with Crippen LogP contribution in [0, 0.1) is 10.8 Å². The van der Waals surface area contributed by atoms with Crippen molar-refractivity contribution in [3.63, 3.8) is 0 Å². The largest absolute Gasteiger partial charge is 0.469 e. The number of fused-ring (bicyclic) bond motifs is 2. The van der Waals surface area contributed by atoms with Crippen molar-refractivity contribution in [1.82, 2.24) is 10.6 Å². The molecule has 0 atom stereocenters. The number of amides is 1. The van der Waals surface area contributed by atoms with Gasteiger partial charge in [0.1, 0.15) is 5.60 Å². The van der Waals surface area contributed by atoms with Gasteiger partial charge in [-0.25, -0.2) is 4.79 Å². The van der Waals surface area contributed by atoms with E-state index in [4.69, 9.17) is 9.47 Å². The molecule has 0 aromatic rings. The summed E-state index contributed by atoms with van der Waals surface area (Å²) in [4.78, 5) is 23.5. The lowest BCUT2D eigenvalue weighted by molar-refractivity contribution is -0.175. The molecule has 0 unspecified atom stereocenters. The lowest BCUT2D eigenvalue weighted by Gasteiger charge is -2.58. The van der Waals surface area contributed by atoms with E-state index in [0.29, 0.717) is 13.1 Å². The van der Waals surface area contributed by atoms with Crippen molar-refractivity contribution in [3.8, 4) is 0 Å². The number of piperidine rings is 2. The number of hydrogen-bond acceptors (Lipinski definition) is 5. The predicted octanol–water partition coefficient (Wildman–Crippen LogP) is 1.05. The van der Waals surface area contributed by atoms with Gasteiger partial charge in [0.25, 0.3) is 0 Å². The van der Waals surface area contributed by atoms with E-state index in [0.717, 1.165) is 19.4 Å². The fourth-order valence-corrected chi connectivity index (χ4v) is 3.40. The van der Waals surface area contributed by atoms with E-state index in [1.165, 1.54) is 7.11 Å². The first-order valence-corrected chi connectivity index (χ1v) is 6.96. The minimum absolute atomic E-state index is 0.0522. The molecule has 2 bridgehead atoms. The molecule has 114 valence electrons. The molecule has 3 aliphatic rings. The second-order valence-electron chi connectivity index (χ2n) is 7.08. The normalized spacial score (nSPS) is 32.0. The van der Waals surface area contributed by atoms with Crippen LogP contribution in [0.25, 0.3) is 0 Å². The summed E-state index contributed by atoms with van der Waals surface area (Å²) >= 11 is 0. The smallest absolute Gasteiger partial charge is 0.407 e. The summed E-state index contributed by atoms with van der Waals surface area (Å²) in [7, 11) is 1.42. The molecule has 6 nitrogen and oxygen atoms in total. The Bertz CT molecular complexity index is 408. The molecule has 3 rings (SSSR count). The van der Waals surface area contributed by atoms with Crippen LogP contribution in [0.5, 0.6) is 0 Å². The van der Waals surface area contributed by atoms with E-state index in [-0.39, 0.29) is 11.4 Å². The summed E-state index contributed by atoms with van der Waals surface area (Å²) in [6, 6.07) is 0. The Morgan fingerprint density at radius 3 is 2.45 bits per heavy atom. The first kappa shape index (κ1) is 15.1. The van der Waals surface area contributed by atoms with E-state index in [2.05, 4.69) is 10.6 Å². The minimum Gasteiger partial charge on any atom is -0.469 e. The van der Waals surface area contributed by atoms with Gasteiger partial charge in [0, 0.05) is 25.0 Å². The second kappa shape index (κ2) is 4.91. The van der Waals surface area contributed by atoms with Crippen LogP contribution in [0.4, 0.5) is 4.79 Å². The van der Waals surface area contributed by atoms with Crippen LogP contribution in [0.15, 0.2) is 0 Å². The standard InChI is InChI=1S/C14H24N2O4/c1-12(2,3)20-11(18)16-8-13-5-14(6-13,9-15-7-13)10(17)19-4/h15H,5-9H2,1-4H3,(H,16,18). The Balaban J connectivity index is 1.86. The topological polar surface area (TPSA) is 76.7 Å². The number of alkyl carbamates (subject to hydrolysis) is 1. The summed E-state index contributed by atoms with van der Waals surface area (Å²) in [5, 5.41) is 6.07. The van der Waals surface area contributed by atoms with Crippen molar-refractivity contribution >= 4 is 12.1 Å². The molecule has 2 N–H and O–H groups in total. The average molecular weight is 284 g/mol. The molecule has 20 heavy (non-hydrogen) atoms. The van der Waals surface area contributed by atoms with E-state index in [9.17, 15) is 9.59 Å². The van der Waals surface area contributed by atoms with Gasteiger partial charge in [0.2, 0.25) is 0 Å². The highest BCUT2D eigenvalue weighted by atomic mass is 16.6. The molecule has 1 amide bonds. The van der Waals surface area contributed by atoms with Crippen LogP contribution in [-0.2, 0) is 14.3 Å². The number of rotatable bonds is 3. The van der Waals surface area contributed by atoms with Crippen molar-refractivity contribution in [1.29, 1.82) is 0 Å². The molecule has 0 spiro atoms. The Morgan fingerprint density at radius 2 is 1.90 bits per heavy atom. The van der Waals surface area contributed by atoms with Gasteiger partial charge in [-0.05, 0) is 33.6 Å². The van der Waals surface area contributed by atoms with Crippen LogP contribution in [0.1, 0.15) is 33.6 Å². The van der Waals surface area contributed by atoms with Crippen molar-refractivity contribution in [2.45, 2.75) is 39.2 Å². The van der Waals surface area contributed by atoms with Gasteiger partial charge < -0.3 is 20.1 Å². The summed E-state index contributed by atoms with van der Waals surface area (Å²) < 4.78 is 10.1. The Kier molecular flexibility index (Phi) is 3.71. The number of ether oxygens (including phenoxy) is 2. The van der Waals surface area contributed by atoms with Crippen molar-refractivity contribution in [2.24, 2.45) is 10.8 Å². The second-order valence-corrected chi connectivity index (χ2v) is 7.08. The van der Waals surface area contributed by atoms with Gasteiger partial charge >= 0.3 is 12.1 Å². The zero-order valence-electron chi connectivity index (χ0n) is 12.7. The molecular formula is C14H24N2O4. The van der Waals surface area contributed by atoms with Gasteiger partial charge in [0.15, 0.2) is 0 Å². The highest BCUT2D eigenvalue weighted by molar-refractivity contribution is 5.79. The Morgan fingerprint density at radius 1 is 1.25 bits per heavy atom. The quantitative estimate of drug-likeness (QED) is 0.758. The highest BCUT2D eigenvalue weighted by Crippen LogP contribution is 2.56. The minimum atomic E-state index is -0.498. The summed E-state index contributed by atoms with van der Waals surface area (Å²) in [6.45, 7) is 7.49. The number of methoxy groups -OCH3 is 1. The summed E-state index contributed by atoms with van der Waals surface area (Å²) in [5.74, 6) is -0.155. The lowest BCUT2D eigenvalue weighted by Crippen LogP contribution is -2.68. The molecule has 0 aromatic heterocycles. The first-order valence-electron chi connectivity index (χ1n) is 6.96. The van der Waals surface area contributed by atoms with Crippen LogP contribution >= 0.6 is 0 Å². The van der Waals surface area contributed by atoms with Gasteiger partial charge in [-0.1, -0.05) is 0 Å². The lowest BCUT2D eigenvalue weighted by atomic mass is 9.50. The van der Waals surface area contributed by atoms with Crippen LogP contribution in [-0.4, -0.2) is 44.4 Å². The molecule has 3 fully saturated rings. The molecule has 6 heteroatoms. The summed E-state index contributed by atoms with van der Waals surface area (Å²) in [5.41, 5.74) is -0.950. The van der Waals surface area contributed by atoms with Gasteiger partial charge in [0.05, 0.1) is 12.5 Å². The fourth-order valence-electron chi connectivity index (χ4n) is 3.40. The molecule has 0 aromatic carbocycles. The van der Waals surface area contributed by atoms with Gasteiger partial charge in [-0.15, -0.1) is 0 Å².